The Bertz CT molecular complexity index is 1210. The minimum Gasteiger partial charge on any atom is -0.368 e. The first-order valence-electron chi connectivity index (χ1n) is 9.13. The van der Waals surface area contributed by atoms with Crippen LogP contribution in [0, 0.1) is 6.92 Å². The lowest BCUT2D eigenvalue weighted by Crippen LogP contribution is -2.12. The van der Waals surface area contributed by atoms with E-state index in [0.717, 1.165) is 33.3 Å². The molecule has 2 aromatic heterocycles. The summed E-state index contributed by atoms with van der Waals surface area (Å²) in [7, 11) is 0. The number of rotatable bonds is 4. The lowest BCUT2D eigenvalue weighted by molar-refractivity contribution is 0.871. The average Bonchev–Trinajstić information content (AvgIpc) is 2.70. The Hall–Kier alpha value is -2.89. The van der Waals surface area contributed by atoms with Crippen LogP contribution in [0.4, 0.5) is 11.8 Å². The molecule has 0 aliphatic carbocycles. The Balaban J connectivity index is 1.89. The van der Waals surface area contributed by atoms with Crippen molar-refractivity contribution in [3.05, 3.63) is 75.9 Å². The molecule has 0 saturated carbocycles. The lowest BCUT2D eigenvalue weighted by Gasteiger charge is -2.20. The molecule has 1 atom stereocenters. The van der Waals surface area contributed by atoms with Crippen LogP contribution in [0.2, 0.25) is 10.0 Å². The average molecular weight is 424 g/mol. The summed E-state index contributed by atoms with van der Waals surface area (Å²) < 4.78 is 0. The number of hydrogen-bond acceptors (Lipinski definition) is 5. The molecule has 0 aliphatic rings. The van der Waals surface area contributed by atoms with E-state index in [9.17, 15) is 0 Å². The number of benzene rings is 2. The van der Waals surface area contributed by atoms with Gasteiger partial charge in [-0.25, -0.2) is 9.97 Å². The van der Waals surface area contributed by atoms with Crippen molar-refractivity contribution >= 4 is 45.9 Å². The van der Waals surface area contributed by atoms with Crippen molar-refractivity contribution in [1.29, 1.82) is 0 Å². The van der Waals surface area contributed by atoms with Crippen molar-refractivity contribution in [2.24, 2.45) is 0 Å². The first-order valence-corrected chi connectivity index (χ1v) is 9.89. The van der Waals surface area contributed by atoms with Crippen molar-refractivity contribution in [1.82, 2.24) is 15.0 Å². The van der Waals surface area contributed by atoms with Gasteiger partial charge in [-0.1, -0.05) is 59.6 Å². The van der Waals surface area contributed by atoms with Crippen LogP contribution in [-0.4, -0.2) is 15.0 Å². The van der Waals surface area contributed by atoms with Gasteiger partial charge in [-0.05, 0) is 31.5 Å². The van der Waals surface area contributed by atoms with Gasteiger partial charge in [-0.3, -0.25) is 0 Å². The third-order valence-corrected chi connectivity index (χ3v) is 5.39. The van der Waals surface area contributed by atoms with Crippen molar-refractivity contribution in [3.8, 4) is 11.3 Å². The maximum absolute atomic E-state index is 6.51. The highest BCUT2D eigenvalue weighted by Crippen LogP contribution is 2.36. The van der Waals surface area contributed by atoms with Crippen molar-refractivity contribution in [2.45, 2.75) is 19.9 Å². The fourth-order valence-corrected chi connectivity index (χ4v) is 3.70. The molecule has 0 aliphatic heterocycles. The SMILES string of the molecule is Cc1cccc2cc(C(C)Nc3nc(N)ncc3Cl)c(-c3ccccc3Cl)nc12. The predicted molar refractivity (Wildman–Crippen MR) is 120 cm³/mol. The second kappa shape index (κ2) is 7.85. The van der Waals surface area contributed by atoms with Gasteiger partial charge in [-0.2, -0.15) is 4.98 Å². The summed E-state index contributed by atoms with van der Waals surface area (Å²) in [6, 6.07) is 15.8. The van der Waals surface area contributed by atoms with Crippen molar-refractivity contribution in [3.63, 3.8) is 0 Å². The van der Waals surface area contributed by atoms with Gasteiger partial charge < -0.3 is 11.1 Å². The molecule has 0 amide bonds. The number of fused-ring (bicyclic) bond motifs is 1. The summed E-state index contributed by atoms with van der Waals surface area (Å²) in [5.74, 6) is 0.629. The normalized spacial score (nSPS) is 12.1. The highest BCUT2D eigenvalue weighted by atomic mass is 35.5. The van der Waals surface area contributed by atoms with Gasteiger partial charge in [0.2, 0.25) is 5.95 Å². The third-order valence-electron chi connectivity index (χ3n) is 4.79. The van der Waals surface area contributed by atoms with Crippen LogP contribution in [0.5, 0.6) is 0 Å². The molecule has 2 heterocycles. The fourth-order valence-electron chi connectivity index (χ4n) is 3.33. The Morgan fingerprint density at radius 2 is 1.79 bits per heavy atom. The number of anilines is 2. The predicted octanol–water partition coefficient (Wildman–Crippen LogP) is 6.06. The molecule has 0 spiro atoms. The van der Waals surface area contributed by atoms with E-state index in [2.05, 4.69) is 40.4 Å². The third kappa shape index (κ3) is 3.84. The molecule has 7 heteroatoms. The molecule has 146 valence electrons. The van der Waals surface area contributed by atoms with E-state index in [4.69, 9.17) is 33.9 Å². The zero-order chi connectivity index (χ0) is 20.5. The zero-order valence-electron chi connectivity index (χ0n) is 15.9. The number of nitrogens with one attached hydrogen (secondary N) is 1. The summed E-state index contributed by atoms with van der Waals surface area (Å²) in [5, 5.41) is 5.43. The Morgan fingerprint density at radius 3 is 2.59 bits per heavy atom. The van der Waals surface area contributed by atoms with Gasteiger partial charge in [0.1, 0.15) is 5.02 Å². The second-order valence-corrected chi connectivity index (χ2v) is 7.66. The number of pyridine rings is 1. The minimum atomic E-state index is -0.162. The van der Waals surface area contributed by atoms with E-state index in [1.54, 1.807) is 0 Å². The molecule has 0 bridgehead atoms. The van der Waals surface area contributed by atoms with Gasteiger partial charge in [0, 0.05) is 21.5 Å². The molecule has 29 heavy (non-hydrogen) atoms. The largest absolute Gasteiger partial charge is 0.368 e. The Morgan fingerprint density at radius 1 is 1.00 bits per heavy atom. The fraction of sp³-hybridized carbons (Fsp3) is 0.136. The summed E-state index contributed by atoms with van der Waals surface area (Å²) in [6.07, 6.45) is 1.48. The molecule has 5 nitrogen and oxygen atoms in total. The Labute approximate surface area is 178 Å². The maximum atomic E-state index is 6.51. The van der Waals surface area contributed by atoms with Gasteiger partial charge in [-0.15, -0.1) is 0 Å². The van der Waals surface area contributed by atoms with Crippen LogP contribution in [0.25, 0.3) is 22.2 Å². The molecule has 0 fully saturated rings. The minimum absolute atomic E-state index is 0.155. The molecule has 4 aromatic rings. The molecule has 0 saturated heterocycles. The summed E-state index contributed by atoms with van der Waals surface area (Å²) in [6.45, 7) is 4.07. The summed E-state index contributed by atoms with van der Waals surface area (Å²) in [4.78, 5) is 13.1. The molecule has 2 aromatic carbocycles. The van der Waals surface area contributed by atoms with E-state index in [1.807, 2.05) is 37.3 Å². The van der Waals surface area contributed by atoms with Gasteiger partial charge in [0.25, 0.3) is 0 Å². The number of aromatic nitrogens is 3. The van der Waals surface area contributed by atoms with Crippen LogP contribution in [0.1, 0.15) is 24.1 Å². The van der Waals surface area contributed by atoms with Crippen molar-refractivity contribution < 1.29 is 0 Å². The van der Waals surface area contributed by atoms with Gasteiger partial charge >= 0.3 is 0 Å². The van der Waals surface area contributed by atoms with Crippen LogP contribution >= 0.6 is 23.2 Å². The maximum Gasteiger partial charge on any atom is 0.222 e. The first kappa shape index (κ1) is 19.4. The molecule has 4 rings (SSSR count). The zero-order valence-corrected chi connectivity index (χ0v) is 17.5. The van der Waals surface area contributed by atoms with E-state index >= 15 is 0 Å². The summed E-state index contributed by atoms with van der Waals surface area (Å²) >= 11 is 12.8. The van der Waals surface area contributed by atoms with E-state index in [0.29, 0.717) is 15.9 Å². The highest BCUT2D eigenvalue weighted by Gasteiger charge is 2.19. The molecule has 1 unspecified atom stereocenters. The highest BCUT2D eigenvalue weighted by molar-refractivity contribution is 6.33. The number of nitrogen functional groups attached to an aromatic ring is 1. The topological polar surface area (TPSA) is 76.7 Å². The van der Waals surface area contributed by atoms with Crippen LogP contribution in [0.15, 0.2) is 54.7 Å². The number of hydrogen-bond donors (Lipinski definition) is 2. The smallest absolute Gasteiger partial charge is 0.222 e. The Kier molecular flexibility index (Phi) is 5.26. The van der Waals surface area contributed by atoms with Crippen molar-refractivity contribution in [2.75, 3.05) is 11.1 Å². The number of nitrogens with two attached hydrogens (primary N) is 1. The number of halogens is 2. The molecule has 0 radical (unpaired) electrons. The van der Waals surface area contributed by atoms with Gasteiger partial charge in [0.15, 0.2) is 5.82 Å². The summed E-state index contributed by atoms with van der Waals surface area (Å²) in [5.41, 5.74) is 10.4. The van der Waals surface area contributed by atoms with Gasteiger partial charge in [0.05, 0.1) is 23.4 Å². The number of aryl methyl sites for hydroxylation is 1. The van der Waals surface area contributed by atoms with Crippen LogP contribution in [-0.2, 0) is 0 Å². The van der Waals surface area contributed by atoms with E-state index < -0.39 is 0 Å². The molecular formula is C22H19Cl2N5. The second-order valence-electron chi connectivity index (χ2n) is 6.84. The standard InChI is InChI=1S/C22H19Cl2N5/c1-12-6-5-7-14-10-16(13(2)27-21-18(24)11-26-22(25)29-21)20(28-19(12)14)15-8-3-4-9-17(15)23/h3-11,13H,1-2H3,(H3,25,26,27,29). The van der Waals surface area contributed by atoms with Crippen LogP contribution < -0.4 is 11.1 Å². The first-order chi connectivity index (χ1) is 13.9. The van der Waals surface area contributed by atoms with Crippen LogP contribution in [0.3, 0.4) is 0 Å². The monoisotopic (exact) mass is 423 g/mol. The number of nitrogens with zero attached hydrogens (tertiary/aromatic N) is 3. The molecular weight excluding hydrogens is 405 g/mol. The van der Waals surface area contributed by atoms with E-state index in [-0.39, 0.29) is 12.0 Å². The number of para-hydroxylation sites is 1. The lowest BCUT2D eigenvalue weighted by atomic mass is 9.97. The quantitative estimate of drug-likeness (QED) is 0.416. The molecule has 3 N–H and O–H groups in total. The van der Waals surface area contributed by atoms with E-state index in [1.165, 1.54) is 6.20 Å².